The van der Waals surface area contributed by atoms with Crippen LogP contribution in [0.4, 0.5) is 0 Å². The average molecular weight is 329 g/mol. The molecular weight excluding hydrogens is 302 g/mol. The van der Waals surface area contributed by atoms with Gasteiger partial charge < -0.3 is 15.2 Å². The Morgan fingerprint density at radius 3 is 2.88 bits per heavy atom. The minimum absolute atomic E-state index is 0.264. The molecule has 130 valence electrons. The fourth-order valence-corrected chi connectivity index (χ4v) is 3.56. The molecule has 2 heterocycles. The molecule has 1 unspecified atom stereocenters. The number of aromatic nitrogens is 1. The maximum absolute atomic E-state index is 10.5. The molecule has 1 fully saturated rings. The number of hydrogen-bond donors (Lipinski definition) is 2. The second-order valence-corrected chi connectivity index (χ2v) is 6.68. The van der Waals surface area contributed by atoms with Crippen LogP contribution >= 0.6 is 0 Å². The minimum Gasteiger partial charge on any atom is -0.494 e. The number of hydrogen-bond acceptors (Lipinski definition) is 5. The molecule has 0 spiro atoms. The second-order valence-electron chi connectivity index (χ2n) is 6.68. The van der Waals surface area contributed by atoms with Gasteiger partial charge in [0.25, 0.3) is 0 Å². The number of nitrogens with one attached hydrogen (secondary N) is 1. The maximum Gasteiger partial charge on any atom is 0.145 e. The van der Waals surface area contributed by atoms with Crippen molar-refractivity contribution < 1.29 is 9.84 Å². The molecule has 0 amide bonds. The Balaban J connectivity index is 1.70. The summed E-state index contributed by atoms with van der Waals surface area (Å²) < 4.78 is 5.41. The maximum atomic E-state index is 10.5. The lowest BCUT2D eigenvalue weighted by molar-refractivity contribution is 0.0563. The van der Waals surface area contributed by atoms with Crippen molar-refractivity contribution in [2.45, 2.75) is 25.5 Å². The van der Waals surface area contributed by atoms with Crippen LogP contribution in [0.1, 0.15) is 18.4 Å². The quantitative estimate of drug-likeness (QED) is 0.849. The second kappa shape index (κ2) is 7.92. The first-order chi connectivity index (χ1) is 11.7. The Labute approximate surface area is 143 Å². The van der Waals surface area contributed by atoms with Gasteiger partial charge in [-0.3, -0.25) is 9.88 Å². The first kappa shape index (κ1) is 17.1. The van der Waals surface area contributed by atoms with Gasteiger partial charge in [0.15, 0.2) is 0 Å². The van der Waals surface area contributed by atoms with Crippen molar-refractivity contribution in [3.63, 3.8) is 0 Å². The van der Waals surface area contributed by atoms with Crippen molar-refractivity contribution in [2.24, 2.45) is 5.92 Å². The topological polar surface area (TPSA) is 57.6 Å². The van der Waals surface area contributed by atoms with Crippen LogP contribution in [-0.4, -0.2) is 54.9 Å². The fourth-order valence-electron chi connectivity index (χ4n) is 3.56. The van der Waals surface area contributed by atoms with E-state index < -0.39 is 0 Å². The van der Waals surface area contributed by atoms with E-state index in [1.807, 2.05) is 12.1 Å². The zero-order valence-corrected chi connectivity index (χ0v) is 14.5. The highest BCUT2D eigenvalue weighted by atomic mass is 16.5. The van der Waals surface area contributed by atoms with Gasteiger partial charge in [-0.2, -0.15) is 0 Å². The molecule has 1 atom stereocenters. The van der Waals surface area contributed by atoms with Gasteiger partial charge in [0.2, 0.25) is 0 Å². The third-order valence-electron chi connectivity index (χ3n) is 4.91. The smallest absolute Gasteiger partial charge is 0.145 e. The van der Waals surface area contributed by atoms with Crippen LogP contribution < -0.4 is 10.1 Å². The van der Waals surface area contributed by atoms with Gasteiger partial charge in [0.1, 0.15) is 11.3 Å². The van der Waals surface area contributed by atoms with Crippen LogP contribution in [0.15, 0.2) is 30.5 Å². The fraction of sp³-hybridized carbons (Fsp3) is 0.526. The summed E-state index contributed by atoms with van der Waals surface area (Å²) in [7, 11) is 3.74. The van der Waals surface area contributed by atoms with E-state index in [0.717, 1.165) is 49.1 Å². The number of fused-ring (bicyclic) bond motifs is 1. The van der Waals surface area contributed by atoms with Gasteiger partial charge in [0, 0.05) is 24.7 Å². The molecule has 0 aliphatic carbocycles. The summed E-state index contributed by atoms with van der Waals surface area (Å²) in [6.07, 6.45) is 3.65. The van der Waals surface area contributed by atoms with Crippen LogP contribution in [0.3, 0.4) is 0 Å². The van der Waals surface area contributed by atoms with Crippen LogP contribution in [-0.2, 0) is 6.54 Å². The van der Waals surface area contributed by atoms with Crippen LogP contribution in [0, 0.1) is 5.92 Å². The largest absolute Gasteiger partial charge is 0.494 e. The van der Waals surface area contributed by atoms with E-state index in [1.54, 1.807) is 13.3 Å². The van der Waals surface area contributed by atoms with Gasteiger partial charge in [-0.05, 0) is 56.6 Å². The third-order valence-corrected chi connectivity index (χ3v) is 4.91. The van der Waals surface area contributed by atoms with Crippen molar-refractivity contribution in [3.05, 3.63) is 36.0 Å². The molecule has 1 aromatic heterocycles. The summed E-state index contributed by atoms with van der Waals surface area (Å²) in [6.45, 7) is 3.51. The summed E-state index contributed by atoms with van der Waals surface area (Å²) in [5.74, 6) is 1.20. The zero-order chi connectivity index (χ0) is 16.9. The molecule has 0 saturated carbocycles. The molecule has 5 heteroatoms. The van der Waals surface area contributed by atoms with Crippen molar-refractivity contribution in [1.29, 1.82) is 0 Å². The number of aliphatic hydroxyl groups excluding tert-OH is 1. The van der Waals surface area contributed by atoms with Crippen molar-refractivity contribution in [3.8, 4) is 5.75 Å². The number of benzene rings is 1. The number of ether oxygens (including phenoxy) is 1. The Kier molecular flexibility index (Phi) is 5.66. The summed E-state index contributed by atoms with van der Waals surface area (Å²) in [5, 5.41) is 15.0. The summed E-state index contributed by atoms with van der Waals surface area (Å²) in [5.41, 5.74) is 2.10. The number of piperidine rings is 1. The van der Waals surface area contributed by atoms with E-state index >= 15 is 0 Å². The number of nitrogens with zero attached hydrogens (tertiary/aromatic N) is 2. The van der Waals surface area contributed by atoms with Crippen LogP contribution in [0.5, 0.6) is 5.75 Å². The van der Waals surface area contributed by atoms with E-state index in [1.165, 1.54) is 5.56 Å². The molecule has 1 aliphatic heterocycles. The predicted molar refractivity (Wildman–Crippen MR) is 96.2 cm³/mol. The van der Waals surface area contributed by atoms with Gasteiger partial charge in [-0.15, -0.1) is 0 Å². The molecular formula is C19H27N3O2. The van der Waals surface area contributed by atoms with Gasteiger partial charge in [0.05, 0.1) is 13.2 Å². The number of pyridine rings is 1. The molecule has 3 rings (SSSR count). The lowest BCUT2D eigenvalue weighted by atomic mass is 9.92. The van der Waals surface area contributed by atoms with Crippen molar-refractivity contribution in [1.82, 2.24) is 15.2 Å². The SMILES string of the molecule is COc1ccc(CN(C)CC(O)C2CCNCC2)c2cccnc12. The molecule has 24 heavy (non-hydrogen) atoms. The standard InChI is InChI=1S/C19H27N3O2/c1-22(13-17(23)14-7-10-20-11-8-14)12-15-5-6-18(24-2)19-16(15)4-3-9-21-19/h3-6,9,14,17,20,23H,7-8,10-13H2,1-2H3. The summed E-state index contributed by atoms with van der Waals surface area (Å²) >= 11 is 0. The minimum atomic E-state index is -0.264. The Morgan fingerprint density at radius 2 is 2.12 bits per heavy atom. The molecule has 1 saturated heterocycles. The normalized spacial score (nSPS) is 17.3. The highest BCUT2D eigenvalue weighted by Crippen LogP contribution is 2.27. The Morgan fingerprint density at radius 1 is 1.33 bits per heavy atom. The van der Waals surface area contributed by atoms with Crippen LogP contribution in [0.25, 0.3) is 10.9 Å². The average Bonchev–Trinajstić information content (AvgIpc) is 2.62. The summed E-state index contributed by atoms with van der Waals surface area (Å²) in [4.78, 5) is 6.65. The summed E-state index contributed by atoms with van der Waals surface area (Å²) in [6, 6.07) is 8.10. The molecule has 2 N–H and O–H groups in total. The van der Waals surface area contributed by atoms with Gasteiger partial charge in [-0.25, -0.2) is 0 Å². The molecule has 5 nitrogen and oxygen atoms in total. The molecule has 1 aliphatic rings. The lowest BCUT2D eigenvalue weighted by Crippen LogP contribution is -2.39. The molecule has 0 bridgehead atoms. The Hall–Kier alpha value is -1.69. The number of likely N-dealkylation sites (N-methyl/N-ethyl adjacent to an activating group) is 1. The van der Waals surface area contributed by atoms with Gasteiger partial charge >= 0.3 is 0 Å². The van der Waals surface area contributed by atoms with E-state index in [0.29, 0.717) is 12.5 Å². The Bertz CT molecular complexity index is 671. The van der Waals surface area contributed by atoms with E-state index in [9.17, 15) is 5.11 Å². The number of aliphatic hydroxyl groups is 1. The number of rotatable bonds is 6. The van der Waals surface area contributed by atoms with E-state index in [2.05, 4.69) is 34.4 Å². The van der Waals surface area contributed by atoms with Crippen molar-refractivity contribution in [2.75, 3.05) is 33.8 Å². The monoisotopic (exact) mass is 329 g/mol. The zero-order valence-electron chi connectivity index (χ0n) is 14.5. The van der Waals surface area contributed by atoms with Crippen LogP contribution in [0.2, 0.25) is 0 Å². The number of methoxy groups -OCH3 is 1. The first-order valence-corrected chi connectivity index (χ1v) is 8.67. The first-order valence-electron chi connectivity index (χ1n) is 8.67. The van der Waals surface area contributed by atoms with E-state index in [4.69, 9.17) is 4.74 Å². The molecule has 2 aromatic rings. The lowest BCUT2D eigenvalue weighted by Gasteiger charge is -2.30. The highest BCUT2D eigenvalue weighted by Gasteiger charge is 2.22. The predicted octanol–water partition coefficient (Wildman–Crippen LogP) is 2.04. The van der Waals surface area contributed by atoms with Crippen molar-refractivity contribution >= 4 is 10.9 Å². The highest BCUT2D eigenvalue weighted by molar-refractivity contribution is 5.87. The molecule has 0 radical (unpaired) electrons. The third kappa shape index (κ3) is 3.86. The van der Waals surface area contributed by atoms with E-state index in [-0.39, 0.29) is 6.10 Å². The molecule has 1 aromatic carbocycles. The van der Waals surface area contributed by atoms with Gasteiger partial charge in [-0.1, -0.05) is 12.1 Å².